The summed E-state index contributed by atoms with van der Waals surface area (Å²) in [6.07, 6.45) is 1.83. The van der Waals surface area contributed by atoms with E-state index in [2.05, 4.69) is 15.4 Å². The van der Waals surface area contributed by atoms with Crippen molar-refractivity contribution in [3.05, 3.63) is 29.6 Å². The van der Waals surface area contributed by atoms with Gasteiger partial charge in [0.15, 0.2) is 11.6 Å². The number of alkyl carbamates (subject to hydrolysis) is 1. The first-order valence-electron chi connectivity index (χ1n) is 8.39. The summed E-state index contributed by atoms with van der Waals surface area (Å²) in [7, 11) is 1.28. The van der Waals surface area contributed by atoms with Crippen molar-refractivity contribution < 1.29 is 28.6 Å². The van der Waals surface area contributed by atoms with E-state index in [1.165, 1.54) is 13.2 Å². The molecule has 1 amide bonds. The molecule has 2 rings (SSSR count). The van der Waals surface area contributed by atoms with E-state index in [-0.39, 0.29) is 23.4 Å². The molecule has 1 fully saturated rings. The predicted molar refractivity (Wildman–Crippen MR) is 95.2 cm³/mol. The van der Waals surface area contributed by atoms with Gasteiger partial charge in [-0.15, -0.1) is 0 Å². The van der Waals surface area contributed by atoms with Gasteiger partial charge in [0.1, 0.15) is 5.60 Å². The van der Waals surface area contributed by atoms with E-state index in [0.29, 0.717) is 0 Å². The molecule has 146 valence electrons. The largest absolute Gasteiger partial charge is 0.494 e. The van der Waals surface area contributed by atoms with E-state index in [1.54, 1.807) is 0 Å². The molecule has 1 atom stereocenters. The van der Waals surface area contributed by atoms with Gasteiger partial charge in [0.25, 0.3) is 0 Å². The summed E-state index contributed by atoms with van der Waals surface area (Å²) in [5.74, 6) is -1.73. The summed E-state index contributed by atoms with van der Waals surface area (Å²) in [6, 6.07) is 3.60. The van der Waals surface area contributed by atoms with E-state index in [1.807, 2.05) is 20.8 Å². The topological polar surface area (TPSA) is 96.9 Å². The van der Waals surface area contributed by atoms with Crippen LogP contribution >= 0.6 is 0 Å². The minimum atomic E-state index is -1.10. The van der Waals surface area contributed by atoms with Gasteiger partial charge in [-0.1, -0.05) is 0 Å². The van der Waals surface area contributed by atoms with Crippen molar-refractivity contribution in [1.82, 2.24) is 10.6 Å². The number of carboxylic acid groups (broad SMARTS) is 1. The van der Waals surface area contributed by atoms with Gasteiger partial charge in [0.05, 0.1) is 12.7 Å². The monoisotopic (exact) mass is 370 g/mol. The third kappa shape index (κ3) is 8.15. The van der Waals surface area contributed by atoms with Gasteiger partial charge < -0.3 is 25.2 Å². The average molecular weight is 370 g/mol. The minimum Gasteiger partial charge on any atom is -0.494 e. The van der Waals surface area contributed by atoms with Crippen molar-refractivity contribution in [2.24, 2.45) is 0 Å². The lowest BCUT2D eigenvalue weighted by atomic mass is 10.1. The second kappa shape index (κ2) is 9.96. The van der Waals surface area contributed by atoms with Gasteiger partial charge in [0.2, 0.25) is 0 Å². The van der Waals surface area contributed by atoms with Gasteiger partial charge >= 0.3 is 12.1 Å². The van der Waals surface area contributed by atoms with E-state index >= 15 is 0 Å². The molecule has 0 radical (unpaired) electrons. The van der Waals surface area contributed by atoms with Crippen LogP contribution in [0.2, 0.25) is 0 Å². The highest BCUT2D eigenvalue weighted by Crippen LogP contribution is 2.17. The molecule has 3 N–H and O–H groups in total. The summed E-state index contributed by atoms with van der Waals surface area (Å²) in [5.41, 5.74) is -0.403. The van der Waals surface area contributed by atoms with E-state index in [0.717, 1.165) is 38.1 Å². The maximum absolute atomic E-state index is 12.7. The van der Waals surface area contributed by atoms with Crippen LogP contribution in [-0.2, 0) is 4.74 Å². The molecule has 0 aliphatic carbocycles. The number of methoxy groups -OCH3 is 1. The number of halogens is 1. The number of aromatic carboxylic acids is 1. The first-order chi connectivity index (χ1) is 12.1. The Morgan fingerprint density at radius 3 is 2.54 bits per heavy atom. The molecule has 1 heterocycles. The molecule has 0 unspecified atom stereocenters. The fourth-order valence-electron chi connectivity index (χ4n) is 2.24. The molecule has 0 aromatic heterocycles. The fourth-order valence-corrected chi connectivity index (χ4v) is 2.24. The number of ether oxygens (including phenoxy) is 2. The van der Waals surface area contributed by atoms with Crippen molar-refractivity contribution in [2.75, 3.05) is 20.2 Å². The zero-order chi connectivity index (χ0) is 19.7. The van der Waals surface area contributed by atoms with Crippen molar-refractivity contribution >= 4 is 12.1 Å². The number of amides is 1. The molecule has 0 saturated carbocycles. The molecule has 1 saturated heterocycles. The third-order valence-electron chi connectivity index (χ3n) is 3.42. The molecule has 1 aromatic carbocycles. The molecule has 1 aromatic rings. The Bertz CT molecular complexity index is 610. The Hall–Kier alpha value is -2.35. The fraction of sp³-hybridized carbons (Fsp3) is 0.556. The van der Waals surface area contributed by atoms with Crippen LogP contribution in [0, 0.1) is 5.82 Å². The normalized spacial score (nSPS) is 16.7. The van der Waals surface area contributed by atoms with Crippen LogP contribution in [0.15, 0.2) is 18.2 Å². The summed E-state index contributed by atoms with van der Waals surface area (Å²) < 4.78 is 22.5. The number of benzene rings is 1. The SMILES string of the molecule is CC(C)(C)OC(=O)N[C@@H]1CCCNC1.COc1cc(C(=O)O)ccc1F. The Morgan fingerprint density at radius 2 is 2.04 bits per heavy atom. The van der Waals surface area contributed by atoms with Gasteiger partial charge in [-0.2, -0.15) is 0 Å². The smallest absolute Gasteiger partial charge is 0.407 e. The van der Waals surface area contributed by atoms with Crippen LogP contribution in [0.5, 0.6) is 5.75 Å². The number of hydrogen-bond donors (Lipinski definition) is 3. The lowest BCUT2D eigenvalue weighted by Crippen LogP contribution is -2.47. The predicted octanol–water partition coefficient (Wildman–Crippen LogP) is 2.80. The molecule has 7 nitrogen and oxygen atoms in total. The van der Waals surface area contributed by atoms with Crippen molar-refractivity contribution in [2.45, 2.75) is 45.3 Å². The van der Waals surface area contributed by atoms with Crippen LogP contribution in [0.1, 0.15) is 44.0 Å². The second-order valence-corrected chi connectivity index (χ2v) is 6.84. The van der Waals surface area contributed by atoms with Crippen LogP contribution < -0.4 is 15.4 Å². The number of carbonyl (C=O) groups excluding carboxylic acids is 1. The Balaban J connectivity index is 0.000000263. The zero-order valence-corrected chi connectivity index (χ0v) is 15.6. The molecule has 26 heavy (non-hydrogen) atoms. The quantitative estimate of drug-likeness (QED) is 0.757. The average Bonchev–Trinajstić information content (AvgIpc) is 2.54. The molecule has 1 aliphatic rings. The maximum atomic E-state index is 12.7. The summed E-state index contributed by atoms with van der Waals surface area (Å²) in [4.78, 5) is 21.8. The summed E-state index contributed by atoms with van der Waals surface area (Å²) in [6.45, 7) is 7.49. The molecule has 1 aliphatic heterocycles. The summed E-state index contributed by atoms with van der Waals surface area (Å²) >= 11 is 0. The highest BCUT2D eigenvalue weighted by atomic mass is 19.1. The van der Waals surface area contributed by atoms with E-state index < -0.39 is 17.4 Å². The van der Waals surface area contributed by atoms with Crippen LogP contribution in [0.3, 0.4) is 0 Å². The van der Waals surface area contributed by atoms with Gasteiger partial charge in [-0.25, -0.2) is 14.0 Å². The second-order valence-electron chi connectivity index (χ2n) is 6.84. The highest BCUT2D eigenvalue weighted by molar-refractivity contribution is 5.88. The molecular formula is C18H27FN2O5. The number of rotatable bonds is 3. The molecule has 8 heteroatoms. The highest BCUT2D eigenvalue weighted by Gasteiger charge is 2.20. The maximum Gasteiger partial charge on any atom is 0.407 e. The number of hydrogen-bond acceptors (Lipinski definition) is 5. The van der Waals surface area contributed by atoms with Crippen molar-refractivity contribution in [1.29, 1.82) is 0 Å². The molecular weight excluding hydrogens is 343 g/mol. The van der Waals surface area contributed by atoms with Crippen LogP contribution in [-0.4, -0.2) is 49.0 Å². The molecule has 0 bridgehead atoms. The first kappa shape index (κ1) is 21.7. The first-order valence-corrected chi connectivity index (χ1v) is 8.39. The number of nitrogens with one attached hydrogen (secondary N) is 2. The van der Waals surface area contributed by atoms with E-state index in [9.17, 15) is 14.0 Å². The third-order valence-corrected chi connectivity index (χ3v) is 3.42. The Kier molecular flexibility index (Phi) is 8.31. The minimum absolute atomic E-state index is 0.00764. The number of carboxylic acids is 1. The lowest BCUT2D eigenvalue weighted by molar-refractivity contribution is 0.0496. The lowest BCUT2D eigenvalue weighted by Gasteiger charge is -2.26. The molecule has 0 spiro atoms. The Labute approximate surface area is 152 Å². The van der Waals surface area contributed by atoms with Gasteiger partial charge in [-0.05, 0) is 58.4 Å². The van der Waals surface area contributed by atoms with E-state index in [4.69, 9.17) is 9.84 Å². The van der Waals surface area contributed by atoms with Gasteiger partial charge in [0, 0.05) is 12.6 Å². The number of piperidine rings is 1. The zero-order valence-electron chi connectivity index (χ0n) is 15.6. The Morgan fingerprint density at radius 1 is 1.35 bits per heavy atom. The number of carbonyl (C=O) groups is 2. The van der Waals surface area contributed by atoms with Crippen molar-refractivity contribution in [3.8, 4) is 5.75 Å². The van der Waals surface area contributed by atoms with Gasteiger partial charge in [-0.3, -0.25) is 0 Å². The van der Waals surface area contributed by atoms with Crippen molar-refractivity contribution in [3.63, 3.8) is 0 Å². The van der Waals surface area contributed by atoms with Crippen LogP contribution in [0.4, 0.5) is 9.18 Å². The van der Waals surface area contributed by atoms with Crippen LogP contribution in [0.25, 0.3) is 0 Å². The summed E-state index contributed by atoms with van der Waals surface area (Å²) in [5, 5.41) is 14.6. The standard InChI is InChI=1S/C10H20N2O2.C8H7FO3/c1-10(2,3)14-9(13)12-8-5-4-6-11-7-8;1-12-7-4-5(8(10)11)2-3-6(7)9/h8,11H,4-7H2,1-3H3,(H,12,13);2-4H,1H3,(H,10,11)/t8-;/m1./s1.